The smallest absolute Gasteiger partial charge is 0.419 e. The van der Waals surface area contributed by atoms with E-state index in [0.717, 1.165) is 6.07 Å². The van der Waals surface area contributed by atoms with Crippen molar-refractivity contribution in [3.8, 4) is 5.75 Å². The number of alkyl halides is 3. The molecule has 0 radical (unpaired) electrons. The highest BCUT2D eigenvalue weighted by Crippen LogP contribution is 2.38. The van der Waals surface area contributed by atoms with Crippen LogP contribution in [0, 0.1) is 5.92 Å². The van der Waals surface area contributed by atoms with Gasteiger partial charge in [-0.3, -0.25) is 0 Å². The van der Waals surface area contributed by atoms with Gasteiger partial charge in [0.15, 0.2) is 0 Å². The van der Waals surface area contributed by atoms with Gasteiger partial charge in [0.1, 0.15) is 5.75 Å². The number of aromatic hydroxyl groups is 1. The molecule has 96 valence electrons. The third-order valence-electron chi connectivity index (χ3n) is 2.42. The lowest BCUT2D eigenvalue weighted by molar-refractivity contribution is -0.138. The Bertz CT molecular complexity index is 399. The first-order valence-corrected chi connectivity index (χ1v) is 5.37. The van der Waals surface area contributed by atoms with Crippen LogP contribution in [0.4, 0.5) is 13.2 Å². The zero-order valence-corrected chi connectivity index (χ0v) is 9.80. The van der Waals surface area contributed by atoms with E-state index in [1.165, 1.54) is 6.07 Å². The summed E-state index contributed by atoms with van der Waals surface area (Å²) in [5, 5.41) is 9.48. The SMILES string of the molecule is CC(C)Cc1cc(CN)c(O)c(C(F)(F)F)c1. The summed E-state index contributed by atoms with van der Waals surface area (Å²) < 4.78 is 38.0. The number of phenolic OH excluding ortho intramolecular Hbond substituents is 1. The second-order valence-corrected chi connectivity index (χ2v) is 4.45. The van der Waals surface area contributed by atoms with Crippen molar-refractivity contribution >= 4 is 0 Å². The fraction of sp³-hybridized carbons (Fsp3) is 0.500. The Hall–Kier alpha value is -1.23. The molecule has 3 N–H and O–H groups in total. The lowest BCUT2D eigenvalue weighted by Gasteiger charge is -2.15. The fourth-order valence-electron chi connectivity index (χ4n) is 1.72. The van der Waals surface area contributed by atoms with E-state index >= 15 is 0 Å². The van der Waals surface area contributed by atoms with E-state index in [0.29, 0.717) is 12.0 Å². The largest absolute Gasteiger partial charge is 0.507 e. The number of halogens is 3. The minimum absolute atomic E-state index is 0.110. The van der Waals surface area contributed by atoms with Gasteiger partial charge in [0.05, 0.1) is 5.56 Å². The summed E-state index contributed by atoms with van der Waals surface area (Å²) in [6.45, 7) is 3.73. The topological polar surface area (TPSA) is 46.2 Å². The molecule has 0 spiro atoms. The summed E-state index contributed by atoms with van der Waals surface area (Å²) in [5.74, 6) is -0.515. The van der Waals surface area contributed by atoms with Crippen LogP contribution in [0.2, 0.25) is 0 Å². The van der Waals surface area contributed by atoms with E-state index in [-0.39, 0.29) is 18.0 Å². The maximum Gasteiger partial charge on any atom is 0.419 e. The van der Waals surface area contributed by atoms with Crippen molar-refractivity contribution in [1.82, 2.24) is 0 Å². The van der Waals surface area contributed by atoms with E-state index in [9.17, 15) is 18.3 Å². The second-order valence-electron chi connectivity index (χ2n) is 4.45. The van der Waals surface area contributed by atoms with Crippen LogP contribution in [0.25, 0.3) is 0 Å². The minimum atomic E-state index is -4.55. The summed E-state index contributed by atoms with van der Waals surface area (Å²) in [4.78, 5) is 0. The Kier molecular flexibility index (Phi) is 4.03. The summed E-state index contributed by atoms with van der Waals surface area (Å²) >= 11 is 0. The van der Waals surface area contributed by atoms with E-state index in [1.54, 1.807) is 0 Å². The molecule has 0 aliphatic heterocycles. The van der Waals surface area contributed by atoms with Gasteiger partial charge < -0.3 is 10.8 Å². The van der Waals surface area contributed by atoms with E-state index in [1.807, 2.05) is 13.8 Å². The predicted molar refractivity (Wildman–Crippen MR) is 59.5 cm³/mol. The van der Waals surface area contributed by atoms with Crippen LogP contribution in [0.5, 0.6) is 5.75 Å². The van der Waals surface area contributed by atoms with Crippen molar-refractivity contribution in [3.63, 3.8) is 0 Å². The molecule has 0 saturated carbocycles. The molecule has 2 nitrogen and oxygen atoms in total. The van der Waals surface area contributed by atoms with Crippen molar-refractivity contribution in [2.75, 3.05) is 0 Å². The number of hydrogen-bond donors (Lipinski definition) is 2. The van der Waals surface area contributed by atoms with Gasteiger partial charge in [0, 0.05) is 12.1 Å². The maximum absolute atomic E-state index is 12.7. The van der Waals surface area contributed by atoms with Gasteiger partial charge in [-0.2, -0.15) is 13.2 Å². The molecule has 1 aromatic carbocycles. The molecule has 0 aliphatic carbocycles. The zero-order valence-electron chi connectivity index (χ0n) is 9.80. The van der Waals surface area contributed by atoms with E-state index < -0.39 is 17.5 Å². The Labute approximate surface area is 98.3 Å². The van der Waals surface area contributed by atoms with Crippen molar-refractivity contribution < 1.29 is 18.3 Å². The van der Waals surface area contributed by atoms with Crippen LogP contribution in [0.1, 0.15) is 30.5 Å². The zero-order chi connectivity index (χ0) is 13.2. The van der Waals surface area contributed by atoms with Gasteiger partial charge >= 0.3 is 6.18 Å². The molecular formula is C12H16F3NO. The van der Waals surface area contributed by atoms with Gasteiger partial charge in [-0.25, -0.2) is 0 Å². The number of hydrogen-bond acceptors (Lipinski definition) is 2. The molecular weight excluding hydrogens is 231 g/mol. The average Bonchev–Trinajstić information content (AvgIpc) is 2.17. The third-order valence-corrected chi connectivity index (χ3v) is 2.42. The van der Waals surface area contributed by atoms with Gasteiger partial charge in [-0.05, 0) is 24.0 Å². The molecule has 0 aromatic heterocycles. The Morgan fingerprint density at radius 3 is 2.29 bits per heavy atom. The van der Waals surface area contributed by atoms with Gasteiger partial charge in [0.2, 0.25) is 0 Å². The molecule has 1 rings (SSSR count). The first-order chi connectivity index (χ1) is 7.75. The number of benzene rings is 1. The highest BCUT2D eigenvalue weighted by molar-refractivity contribution is 5.45. The van der Waals surface area contributed by atoms with Crippen LogP contribution in [0.15, 0.2) is 12.1 Å². The van der Waals surface area contributed by atoms with E-state index in [4.69, 9.17) is 5.73 Å². The molecule has 0 saturated heterocycles. The van der Waals surface area contributed by atoms with Crippen molar-refractivity contribution in [2.45, 2.75) is 33.0 Å². The van der Waals surface area contributed by atoms with Gasteiger partial charge in [-0.1, -0.05) is 19.9 Å². The molecule has 0 atom stereocenters. The van der Waals surface area contributed by atoms with E-state index in [2.05, 4.69) is 0 Å². The summed E-state index contributed by atoms with van der Waals surface area (Å²) in [6.07, 6.45) is -4.03. The predicted octanol–water partition coefficient (Wildman–Crippen LogP) is 3.07. The minimum Gasteiger partial charge on any atom is -0.507 e. The second kappa shape index (κ2) is 4.96. The van der Waals surface area contributed by atoms with Crippen molar-refractivity contribution in [1.29, 1.82) is 0 Å². The lowest BCUT2D eigenvalue weighted by Crippen LogP contribution is -2.10. The fourth-order valence-corrected chi connectivity index (χ4v) is 1.72. The van der Waals surface area contributed by atoms with Crippen LogP contribution < -0.4 is 5.73 Å². The Balaban J connectivity index is 3.29. The summed E-state index contributed by atoms with van der Waals surface area (Å²) in [6, 6.07) is 2.53. The van der Waals surface area contributed by atoms with Gasteiger partial charge in [0.25, 0.3) is 0 Å². The molecule has 0 amide bonds. The maximum atomic E-state index is 12.7. The molecule has 1 aromatic rings. The molecule has 17 heavy (non-hydrogen) atoms. The highest BCUT2D eigenvalue weighted by atomic mass is 19.4. The quantitative estimate of drug-likeness (QED) is 0.862. The lowest BCUT2D eigenvalue weighted by atomic mass is 9.97. The normalized spacial score (nSPS) is 12.2. The molecule has 5 heteroatoms. The Morgan fingerprint density at radius 2 is 1.88 bits per heavy atom. The van der Waals surface area contributed by atoms with Gasteiger partial charge in [-0.15, -0.1) is 0 Å². The standard InChI is InChI=1S/C12H16F3NO/c1-7(2)3-8-4-9(6-16)11(17)10(5-8)12(13,14)15/h4-5,7,17H,3,6,16H2,1-2H3. The average molecular weight is 247 g/mol. The Morgan fingerprint density at radius 1 is 1.29 bits per heavy atom. The first-order valence-electron chi connectivity index (χ1n) is 5.37. The van der Waals surface area contributed by atoms with Crippen molar-refractivity contribution in [2.24, 2.45) is 11.7 Å². The monoisotopic (exact) mass is 247 g/mol. The van der Waals surface area contributed by atoms with Crippen LogP contribution in [-0.2, 0) is 19.1 Å². The summed E-state index contributed by atoms with van der Waals surface area (Å²) in [5.41, 5.74) is 5.01. The van der Waals surface area contributed by atoms with Crippen LogP contribution in [-0.4, -0.2) is 5.11 Å². The molecule has 0 aliphatic rings. The number of nitrogens with two attached hydrogens (primary N) is 1. The third kappa shape index (κ3) is 3.36. The molecule has 0 unspecified atom stereocenters. The number of phenols is 1. The number of rotatable bonds is 3. The first kappa shape index (κ1) is 13.8. The van der Waals surface area contributed by atoms with Crippen LogP contribution >= 0.6 is 0 Å². The molecule has 0 bridgehead atoms. The molecule has 0 heterocycles. The molecule has 0 fully saturated rings. The van der Waals surface area contributed by atoms with Crippen LogP contribution in [0.3, 0.4) is 0 Å². The summed E-state index contributed by atoms with van der Waals surface area (Å²) in [7, 11) is 0. The highest BCUT2D eigenvalue weighted by Gasteiger charge is 2.35. The van der Waals surface area contributed by atoms with Crippen molar-refractivity contribution in [3.05, 3.63) is 28.8 Å².